The van der Waals surface area contributed by atoms with Crippen LogP contribution in [0.2, 0.25) is 0 Å². The SMILES string of the molecule is CCCCCCC/C=C\C/C=C\CCCCCCCCCCCCCCCCCCCCCCCCCCCCCC(=O)NC(COC1OC(CO)C(O)C(O)C1O)C(O)/C=C/CC/C=C/CCCCCCCCCCCCCCCCCCCCC. The number of hydrogen-bond acceptors (Lipinski definition) is 8. The lowest BCUT2D eigenvalue weighted by Gasteiger charge is -2.40. The summed E-state index contributed by atoms with van der Waals surface area (Å²) in [4.78, 5) is 13.1. The third-order valence-electron chi connectivity index (χ3n) is 18.4. The van der Waals surface area contributed by atoms with Crippen molar-refractivity contribution in [3.8, 4) is 0 Å². The third kappa shape index (κ3) is 55.5. The van der Waals surface area contributed by atoms with Crippen LogP contribution in [0.3, 0.4) is 0 Å². The second-order valence-electron chi connectivity index (χ2n) is 26.8. The number of rotatable bonds is 68. The molecule has 0 radical (unpaired) electrons. The van der Waals surface area contributed by atoms with E-state index in [4.69, 9.17) is 9.47 Å². The molecular weight excluding hydrogens is 1080 g/mol. The number of hydrogen-bond donors (Lipinski definition) is 6. The fourth-order valence-electron chi connectivity index (χ4n) is 12.4. The van der Waals surface area contributed by atoms with Crippen LogP contribution in [0.1, 0.15) is 386 Å². The zero-order chi connectivity index (χ0) is 62.8. The summed E-state index contributed by atoms with van der Waals surface area (Å²) < 4.78 is 11.3. The van der Waals surface area contributed by atoms with Crippen molar-refractivity contribution in [3.63, 3.8) is 0 Å². The van der Waals surface area contributed by atoms with Gasteiger partial charge < -0.3 is 40.3 Å². The Kier molecular flexibility index (Phi) is 64.1. The molecule has 0 bridgehead atoms. The van der Waals surface area contributed by atoms with Gasteiger partial charge in [0.05, 0.1) is 25.4 Å². The quantitative estimate of drug-likeness (QED) is 0.0261. The highest BCUT2D eigenvalue weighted by atomic mass is 16.7. The topological polar surface area (TPSA) is 149 Å². The summed E-state index contributed by atoms with van der Waals surface area (Å²) in [6.07, 6.45) is 85.4. The van der Waals surface area contributed by atoms with E-state index in [0.29, 0.717) is 6.42 Å². The number of unbranched alkanes of at least 4 members (excludes halogenated alkanes) is 52. The van der Waals surface area contributed by atoms with E-state index in [1.54, 1.807) is 6.08 Å². The number of aliphatic hydroxyl groups is 5. The van der Waals surface area contributed by atoms with Crippen molar-refractivity contribution in [2.24, 2.45) is 0 Å². The van der Waals surface area contributed by atoms with Gasteiger partial charge in [0.25, 0.3) is 0 Å². The molecule has 512 valence electrons. The Morgan fingerprint density at radius 1 is 0.391 bits per heavy atom. The summed E-state index contributed by atoms with van der Waals surface area (Å²) in [5.74, 6) is -0.179. The summed E-state index contributed by atoms with van der Waals surface area (Å²) >= 11 is 0. The lowest BCUT2D eigenvalue weighted by molar-refractivity contribution is -0.302. The molecule has 0 aliphatic carbocycles. The van der Waals surface area contributed by atoms with Gasteiger partial charge in [-0.3, -0.25) is 4.79 Å². The average molecular weight is 1230 g/mol. The molecule has 1 aliphatic rings. The van der Waals surface area contributed by atoms with Crippen molar-refractivity contribution in [1.82, 2.24) is 5.32 Å². The molecule has 0 aromatic carbocycles. The van der Waals surface area contributed by atoms with E-state index in [-0.39, 0.29) is 12.5 Å². The second kappa shape index (κ2) is 67.1. The van der Waals surface area contributed by atoms with Crippen molar-refractivity contribution in [1.29, 1.82) is 0 Å². The first-order chi connectivity index (χ1) is 42.8. The molecule has 1 fully saturated rings. The Labute approximate surface area is 539 Å². The zero-order valence-corrected chi connectivity index (χ0v) is 57.5. The molecular formula is C78H147NO8. The monoisotopic (exact) mass is 1230 g/mol. The van der Waals surface area contributed by atoms with Gasteiger partial charge in [-0.25, -0.2) is 0 Å². The van der Waals surface area contributed by atoms with Crippen LogP contribution in [0.5, 0.6) is 0 Å². The van der Waals surface area contributed by atoms with Gasteiger partial charge in [0.15, 0.2) is 6.29 Å². The van der Waals surface area contributed by atoms with E-state index >= 15 is 0 Å². The number of amides is 1. The molecule has 0 saturated carbocycles. The van der Waals surface area contributed by atoms with E-state index in [1.807, 2.05) is 6.08 Å². The van der Waals surface area contributed by atoms with Crippen molar-refractivity contribution in [2.75, 3.05) is 13.2 Å². The minimum atomic E-state index is -1.57. The lowest BCUT2D eigenvalue weighted by Crippen LogP contribution is -2.60. The standard InChI is InChI=1S/C78H147NO8/c1-3-5-7-9-11-13-15-17-19-21-23-25-27-29-30-31-32-33-34-35-36-37-38-39-40-41-42-44-46-48-50-52-54-56-58-60-62-64-66-68-74(82)79-71(70-86-78-77(85)76(84)75(83)73(69-80)87-78)72(81)67-65-63-61-59-57-55-53-51-49-47-45-43-28-26-24-22-20-18-16-14-12-10-8-6-4-2/h15,17,21,23,57,59,65,67,71-73,75-78,80-81,83-85H,3-14,16,18-20,22,24-56,58,60-64,66,68-70H2,1-2H3,(H,79,82)/b17-15-,23-21-,59-57+,67-65+. The highest BCUT2D eigenvalue weighted by Gasteiger charge is 2.44. The Hall–Kier alpha value is -1.85. The van der Waals surface area contributed by atoms with Gasteiger partial charge in [0.1, 0.15) is 24.4 Å². The number of nitrogens with one attached hydrogen (secondary N) is 1. The maximum atomic E-state index is 13.1. The van der Waals surface area contributed by atoms with Crippen molar-refractivity contribution in [3.05, 3.63) is 48.6 Å². The average Bonchev–Trinajstić information content (AvgIpc) is 3.38. The van der Waals surface area contributed by atoms with E-state index in [2.05, 4.69) is 55.6 Å². The minimum Gasteiger partial charge on any atom is -0.394 e. The molecule has 1 amide bonds. The Bertz CT molecular complexity index is 1520. The zero-order valence-electron chi connectivity index (χ0n) is 57.5. The van der Waals surface area contributed by atoms with Crippen LogP contribution in [0, 0.1) is 0 Å². The summed E-state index contributed by atoms with van der Waals surface area (Å²) in [6, 6.07) is -0.822. The number of ether oxygens (including phenoxy) is 2. The van der Waals surface area contributed by atoms with Gasteiger partial charge in [-0.1, -0.05) is 364 Å². The van der Waals surface area contributed by atoms with Gasteiger partial charge in [-0.05, 0) is 64.2 Å². The van der Waals surface area contributed by atoms with Crippen molar-refractivity contribution in [2.45, 2.75) is 429 Å². The van der Waals surface area contributed by atoms with Crippen LogP contribution in [0.15, 0.2) is 48.6 Å². The number of carbonyl (C=O) groups is 1. The number of carbonyl (C=O) groups excluding carboxylic acids is 1. The van der Waals surface area contributed by atoms with E-state index < -0.39 is 49.5 Å². The Balaban J connectivity index is 2.07. The van der Waals surface area contributed by atoms with Crippen LogP contribution in [-0.2, 0) is 14.3 Å². The molecule has 9 heteroatoms. The molecule has 7 unspecified atom stereocenters. The first-order valence-corrected chi connectivity index (χ1v) is 38.4. The summed E-state index contributed by atoms with van der Waals surface area (Å²) in [5, 5.41) is 54.8. The largest absolute Gasteiger partial charge is 0.394 e. The van der Waals surface area contributed by atoms with Gasteiger partial charge in [-0.2, -0.15) is 0 Å². The Morgan fingerprint density at radius 2 is 0.690 bits per heavy atom. The summed E-state index contributed by atoms with van der Waals surface area (Å²) in [6.45, 7) is 3.81. The van der Waals surface area contributed by atoms with Crippen LogP contribution in [0.4, 0.5) is 0 Å². The predicted octanol–water partition coefficient (Wildman–Crippen LogP) is 21.5. The predicted molar refractivity (Wildman–Crippen MR) is 373 cm³/mol. The molecule has 1 saturated heterocycles. The molecule has 0 aromatic rings. The maximum Gasteiger partial charge on any atom is 0.220 e. The first-order valence-electron chi connectivity index (χ1n) is 38.4. The first kappa shape index (κ1) is 83.2. The fourth-order valence-corrected chi connectivity index (χ4v) is 12.4. The van der Waals surface area contributed by atoms with Gasteiger partial charge in [0.2, 0.25) is 5.91 Å². The molecule has 1 heterocycles. The minimum absolute atomic E-state index is 0.179. The molecule has 9 nitrogen and oxygen atoms in total. The lowest BCUT2D eigenvalue weighted by atomic mass is 9.99. The molecule has 0 spiro atoms. The molecule has 1 aliphatic heterocycles. The highest BCUT2D eigenvalue weighted by molar-refractivity contribution is 5.76. The van der Waals surface area contributed by atoms with E-state index in [1.165, 1.54) is 321 Å². The third-order valence-corrected chi connectivity index (χ3v) is 18.4. The van der Waals surface area contributed by atoms with Crippen molar-refractivity contribution < 1.29 is 39.8 Å². The van der Waals surface area contributed by atoms with Crippen LogP contribution < -0.4 is 5.32 Å². The molecule has 6 N–H and O–H groups in total. The van der Waals surface area contributed by atoms with Crippen LogP contribution in [-0.4, -0.2) is 87.5 Å². The molecule has 7 atom stereocenters. The molecule has 87 heavy (non-hydrogen) atoms. The van der Waals surface area contributed by atoms with E-state index in [0.717, 1.165) is 44.9 Å². The molecule has 1 rings (SSSR count). The fraction of sp³-hybridized carbons (Fsp3) is 0.885. The summed E-state index contributed by atoms with van der Waals surface area (Å²) in [7, 11) is 0. The second-order valence-corrected chi connectivity index (χ2v) is 26.8. The maximum absolute atomic E-state index is 13.1. The smallest absolute Gasteiger partial charge is 0.220 e. The summed E-state index contributed by atoms with van der Waals surface area (Å²) in [5.41, 5.74) is 0. The van der Waals surface area contributed by atoms with Gasteiger partial charge in [0, 0.05) is 6.42 Å². The normalized spacial score (nSPS) is 18.2. The van der Waals surface area contributed by atoms with E-state index in [9.17, 15) is 30.3 Å². The van der Waals surface area contributed by atoms with Crippen LogP contribution in [0.25, 0.3) is 0 Å². The number of allylic oxidation sites excluding steroid dienone is 7. The van der Waals surface area contributed by atoms with Gasteiger partial charge >= 0.3 is 0 Å². The van der Waals surface area contributed by atoms with Crippen LogP contribution >= 0.6 is 0 Å². The van der Waals surface area contributed by atoms with Crippen molar-refractivity contribution >= 4 is 5.91 Å². The Morgan fingerprint density at radius 3 is 1.03 bits per heavy atom. The number of aliphatic hydroxyl groups excluding tert-OH is 5. The van der Waals surface area contributed by atoms with Gasteiger partial charge in [-0.15, -0.1) is 0 Å². The highest BCUT2D eigenvalue weighted by Crippen LogP contribution is 2.24. The molecule has 0 aromatic heterocycles.